The first kappa shape index (κ1) is 23.1. The minimum Gasteiger partial charge on any atom is -0.465 e. The molecule has 10 nitrogen and oxygen atoms in total. The summed E-state index contributed by atoms with van der Waals surface area (Å²) in [6, 6.07) is 11.3. The number of hydrogen-bond acceptors (Lipinski definition) is 8. The number of para-hydroxylation sites is 1. The van der Waals surface area contributed by atoms with Crippen molar-refractivity contribution in [2.75, 3.05) is 37.7 Å². The second-order valence-electron chi connectivity index (χ2n) is 7.89. The number of hydrogen-bond donors (Lipinski definition) is 1. The Morgan fingerprint density at radius 1 is 1.18 bits per heavy atom. The van der Waals surface area contributed by atoms with Crippen molar-refractivity contribution in [3.05, 3.63) is 70.0 Å². The maximum Gasteiger partial charge on any atom is 0.321 e. The highest BCUT2D eigenvalue weighted by atomic mass is 19.1. The van der Waals surface area contributed by atoms with E-state index >= 15 is 0 Å². The fourth-order valence-corrected chi connectivity index (χ4v) is 4.16. The Morgan fingerprint density at radius 3 is 2.56 bits per heavy atom. The predicted molar refractivity (Wildman–Crippen MR) is 122 cm³/mol. The van der Waals surface area contributed by atoms with Crippen LogP contribution in [0.1, 0.15) is 18.5 Å². The molecule has 2 aliphatic rings. The molecule has 0 aliphatic carbocycles. The fourth-order valence-electron chi connectivity index (χ4n) is 4.16. The predicted octanol–water partition coefficient (Wildman–Crippen LogP) is 2.26. The number of nitrogens with one attached hydrogen (secondary N) is 1. The Hall–Kier alpha value is -4.02. The normalized spacial score (nSPS) is 20.4. The highest BCUT2D eigenvalue weighted by Crippen LogP contribution is 2.33. The van der Waals surface area contributed by atoms with Crippen molar-refractivity contribution in [1.29, 1.82) is 0 Å². The van der Waals surface area contributed by atoms with Crippen molar-refractivity contribution >= 4 is 29.2 Å². The molecule has 2 aromatic carbocycles. The third-order valence-electron chi connectivity index (χ3n) is 5.83. The molecule has 0 saturated carbocycles. The minimum atomic E-state index is -1.27. The number of halogens is 1. The van der Waals surface area contributed by atoms with Gasteiger partial charge in [0.1, 0.15) is 11.9 Å². The zero-order chi connectivity index (χ0) is 24.2. The van der Waals surface area contributed by atoms with Crippen molar-refractivity contribution in [2.24, 2.45) is 10.9 Å². The van der Waals surface area contributed by atoms with E-state index in [2.05, 4.69) is 10.3 Å². The quantitative estimate of drug-likeness (QED) is 0.309. The van der Waals surface area contributed by atoms with Crippen molar-refractivity contribution < 1.29 is 23.6 Å². The summed E-state index contributed by atoms with van der Waals surface area (Å²) in [5, 5.41) is 13.9. The summed E-state index contributed by atoms with van der Waals surface area (Å²) in [5.74, 6) is -2.64. The molecule has 11 heteroatoms. The molecule has 4 rings (SSSR count). The first-order valence-electron chi connectivity index (χ1n) is 10.9. The number of guanidine groups is 1. The lowest BCUT2D eigenvalue weighted by atomic mass is 9.91. The van der Waals surface area contributed by atoms with Gasteiger partial charge >= 0.3 is 5.97 Å². The number of aliphatic imine (C=N–C) groups is 1. The van der Waals surface area contributed by atoms with Crippen molar-refractivity contribution in [3.63, 3.8) is 0 Å². The second-order valence-corrected chi connectivity index (χ2v) is 7.89. The number of ether oxygens (including phenoxy) is 1. The van der Waals surface area contributed by atoms with Crippen LogP contribution in [0.25, 0.3) is 0 Å². The maximum atomic E-state index is 14.2. The number of piperazine rings is 1. The van der Waals surface area contributed by atoms with Crippen molar-refractivity contribution in [2.45, 2.75) is 13.0 Å². The number of nitro benzene ring substituents is 1. The molecular weight excluding hydrogens is 445 g/mol. The van der Waals surface area contributed by atoms with Crippen molar-refractivity contribution in [3.8, 4) is 0 Å². The zero-order valence-electron chi connectivity index (χ0n) is 18.5. The average molecular weight is 469 g/mol. The van der Waals surface area contributed by atoms with Crippen LogP contribution in [-0.2, 0) is 14.3 Å². The summed E-state index contributed by atoms with van der Waals surface area (Å²) in [5.41, 5.74) is 0.708. The van der Waals surface area contributed by atoms with Gasteiger partial charge in [-0.25, -0.2) is 9.38 Å². The van der Waals surface area contributed by atoms with Crippen molar-refractivity contribution in [1.82, 2.24) is 10.2 Å². The van der Waals surface area contributed by atoms with Gasteiger partial charge in [0.2, 0.25) is 11.9 Å². The molecule has 1 saturated heterocycles. The lowest BCUT2D eigenvalue weighted by molar-refractivity contribution is -0.384. The number of rotatable bonds is 5. The van der Waals surface area contributed by atoms with E-state index in [0.717, 1.165) is 0 Å². The molecule has 1 N–H and O–H groups in total. The van der Waals surface area contributed by atoms with E-state index in [4.69, 9.17) is 4.74 Å². The van der Waals surface area contributed by atoms with Crippen LogP contribution in [-0.4, -0.2) is 60.4 Å². The molecule has 34 heavy (non-hydrogen) atoms. The maximum absolute atomic E-state index is 14.2. The first-order valence-corrected chi connectivity index (χ1v) is 10.9. The van der Waals surface area contributed by atoms with Crippen LogP contribution in [0.15, 0.2) is 53.5 Å². The van der Waals surface area contributed by atoms with Crippen LogP contribution in [0.2, 0.25) is 0 Å². The van der Waals surface area contributed by atoms with Gasteiger partial charge in [0.25, 0.3) is 5.69 Å². The van der Waals surface area contributed by atoms with Gasteiger partial charge in [0.05, 0.1) is 17.2 Å². The Labute approximate surface area is 195 Å². The van der Waals surface area contributed by atoms with Gasteiger partial charge < -0.3 is 14.5 Å². The molecule has 0 spiro atoms. The summed E-state index contributed by atoms with van der Waals surface area (Å²) < 4.78 is 19.2. The fraction of sp³-hybridized carbons (Fsp3) is 0.348. The minimum absolute atomic E-state index is 0.0822. The SMILES string of the molecule is CCOC(=O)[C@@H]1C(=O)NC(N2CCN(c3ccccc3F)CC2)=N[C@H]1c1cccc([N+](=O)[O-])c1. The number of amides is 1. The smallest absolute Gasteiger partial charge is 0.321 e. The second kappa shape index (κ2) is 9.86. The molecule has 0 aromatic heterocycles. The van der Waals surface area contributed by atoms with E-state index in [-0.39, 0.29) is 24.1 Å². The lowest BCUT2D eigenvalue weighted by Gasteiger charge is -2.39. The highest BCUT2D eigenvalue weighted by molar-refractivity contribution is 6.08. The summed E-state index contributed by atoms with van der Waals surface area (Å²) in [7, 11) is 0. The van der Waals surface area contributed by atoms with Crippen LogP contribution in [0.3, 0.4) is 0 Å². The first-order chi connectivity index (χ1) is 16.4. The standard InChI is InChI=1S/C23H24FN5O5/c1-2-34-22(31)19-20(15-6-5-7-16(14-15)29(32)33)25-23(26-21(19)30)28-12-10-27(11-13-28)18-9-4-3-8-17(18)24/h3-9,14,19-20H,2,10-13H2,1H3,(H,25,26,30)/t19-,20-/m0/s1. The van der Waals surface area contributed by atoms with E-state index in [1.165, 1.54) is 24.3 Å². The number of non-ortho nitro benzene ring substituents is 1. The summed E-state index contributed by atoms with van der Waals surface area (Å²) in [6.45, 7) is 3.62. The molecule has 2 atom stereocenters. The van der Waals surface area contributed by atoms with Gasteiger partial charge in [-0.15, -0.1) is 0 Å². The number of nitrogens with zero attached hydrogens (tertiary/aromatic N) is 4. The lowest BCUT2D eigenvalue weighted by Crippen LogP contribution is -2.57. The number of benzene rings is 2. The Balaban J connectivity index is 1.60. The molecule has 0 unspecified atom stereocenters. The Morgan fingerprint density at radius 2 is 1.88 bits per heavy atom. The Kier molecular flexibility index (Phi) is 6.71. The monoisotopic (exact) mass is 469 g/mol. The number of esters is 1. The van der Waals surface area contributed by atoms with Gasteiger partial charge in [-0.3, -0.25) is 25.0 Å². The number of carbonyl (C=O) groups excluding carboxylic acids is 2. The number of carbonyl (C=O) groups is 2. The van der Waals surface area contributed by atoms with Gasteiger partial charge in [-0.1, -0.05) is 24.3 Å². The van der Waals surface area contributed by atoms with E-state index in [1.807, 2.05) is 9.80 Å². The zero-order valence-corrected chi connectivity index (χ0v) is 18.5. The van der Waals surface area contributed by atoms with E-state index in [0.29, 0.717) is 37.4 Å². The van der Waals surface area contributed by atoms with Crippen LogP contribution in [0.4, 0.5) is 15.8 Å². The summed E-state index contributed by atoms with van der Waals surface area (Å²) in [6.07, 6.45) is 0. The molecule has 2 heterocycles. The van der Waals surface area contributed by atoms with Gasteiger partial charge in [-0.2, -0.15) is 0 Å². The molecule has 0 radical (unpaired) electrons. The summed E-state index contributed by atoms with van der Waals surface area (Å²) >= 11 is 0. The molecule has 1 amide bonds. The van der Waals surface area contributed by atoms with Crippen LogP contribution in [0.5, 0.6) is 0 Å². The third-order valence-corrected chi connectivity index (χ3v) is 5.83. The van der Waals surface area contributed by atoms with Crippen LogP contribution < -0.4 is 10.2 Å². The number of nitro groups is 1. The molecule has 1 fully saturated rings. The van der Waals surface area contributed by atoms with E-state index in [9.17, 15) is 24.1 Å². The van der Waals surface area contributed by atoms with Gasteiger partial charge in [0, 0.05) is 38.3 Å². The molecule has 2 aliphatic heterocycles. The Bertz CT molecular complexity index is 1130. The van der Waals surface area contributed by atoms with Crippen LogP contribution >= 0.6 is 0 Å². The van der Waals surface area contributed by atoms with Crippen LogP contribution in [0, 0.1) is 21.8 Å². The molecule has 2 aromatic rings. The highest BCUT2D eigenvalue weighted by Gasteiger charge is 2.42. The molecular formula is C23H24FN5O5. The topological polar surface area (TPSA) is 117 Å². The summed E-state index contributed by atoms with van der Waals surface area (Å²) in [4.78, 5) is 44.7. The van der Waals surface area contributed by atoms with Gasteiger partial charge in [-0.05, 0) is 24.6 Å². The number of anilines is 1. The average Bonchev–Trinajstić information content (AvgIpc) is 2.84. The van der Waals surface area contributed by atoms with E-state index < -0.39 is 28.8 Å². The molecule has 0 bridgehead atoms. The van der Waals surface area contributed by atoms with E-state index in [1.54, 1.807) is 31.2 Å². The third kappa shape index (κ3) is 4.68. The largest absolute Gasteiger partial charge is 0.465 e. The molecule has 178 valence electrons. The van der Waals surface area contributed by atoms with Gasteiger partial charge in [0.15, 0.2) is 5.92 Å².